The van der Waals surface area contributed by atoms with E-state index in [1.54, 1.807) is 22.3 Å². The smallest absolute Gasteiger partial charge is 0.147 e. The Balaban J connectivity index is 0.00000228. The van der Waals surface area contributed by atoms with Crippen LogP contribution in [0.5, 0.6) is 0 Å². The molecule has 2 aromatic carbocycles. The van der Waals surface area contributed by atoms with Crippen molar-refractivity contribution in [2.24, 2.45) is 0 Å². The van der Waals surface area contributed by atoms with Crippen molar-refractivity contribution in [2.75, 3.05) is 0 Å². The fourth-order valence-electron chi connectivity index (χ4n) is 7.08. The van der Waals surface area contributed by atoms with Gasteiger partial charge in [-0.15, -0.1) is 24.8 Å². The van der Waals surface area contributed by atoms with Crippen molar-refractivity contribution >= 4 is 60.1 Å². The first-order valence-electron chi connectivity index (χ1n) is 13.1. The number of rotatable bonds is 4. The molecular formula is C30H48Cl2HfSi3. The molecule has 0 spiro atoms. The largest absolute Gasteiger partial charge is 0.147 e. The normalized spacial score (nSPS) is 19.6. The van der Waals surface area contributed by atoms with Gasteiger partial charge in [0.1, 0.15) is 0 Å². The summed E-state index contributed by atoms with van der Waals surface area (Å²) < 4.78 is 7.02. The van der Waals surface area contributed by atoms with Crippen LogP contribution < -0.4 is 0 Å². The van der Waals surface area contributed by atoms with Crippen molar-refractivity contribution in [3.63, 3.8) is 0 Å². The molecule has 0 radical (unpaired) electrons. The third kappa shape index (κ3) is 5.01. The van der Waals surface area contributed by atoms with Gasteiger partial charge < -0.3 is 0 Å². The molecule has 0 amide bonds. The van der Waals surface area contributed by atoms with Gasteiger partial charge in [0.05, 0.1) is 0 Å². The number of hydrogen-bond donors (Lipinski definition) is 0. The monoisotopic (exact) mass is 742 g/mol. The molecular weight excluding hydrogens is 694 g/mol. The standard InChI is InChI=1S/2C14H19Si.2CH3.2ClH.Hf.H2Si/c2*1-10-6-7-11(2)14-9-12(8-13(10)14)15(3,4)5;;;;;;/h2*6-9H,1-5H3;2*1H3;2*1H;;1H2. The number of benzene rings is 2. The van der Waals surface area contributed by atoms with Crippen LogP contribution in [0.1, 0.15) is 51.9 Å². The zero-order chi connectivity index (χ0) is 25.6. The van der Waals surface area contributed by atoms with Crippen LogP contribution in [0.2, 0.25) is 48.6 Å². The van der Waals surface area contributed by atoms with E-state index in [0.29, 0.717) is 7.35 Å². The molecule has 0 nitrogen and oxygen atoms in total. The SMILES string of the molecule is Cc1ccc(C)c2c1C=C([Si](C)(C)C)[CH]2[Hf]([CH3])([CH3])(=[SiH2])[CH]1C([Si](C)(C)C)=Cc2c(C)ccc(C)c21.Cl.Cl. The minimum atomic E-state index is -3.70. The zero-order valence-corrected chi connectivity index (χ0v) is 33.3. The second-order valence-corrected chi connectivity index (χ2v) is 68.2. The van der Waals surface area contributed by atoms with E-state index in [1.807, 2.05) is 10.4 Å². The number of allylic oxidation sites excluding steroid dienone is 2. The van der Waals surface area contributed by atoms with Gasteiger partial charge in [-0.3, -0.25) is 0 Å². The fourth-order valence-corrected chi connectivity index (χ4v) is 56.3. The van der Waals surface area contributed by atoms with E-state index in [1.165, 1.54) is 22.3 Å². The van der Waals surface area contributed by atoms with Gasteiger partial charge in [0.2, 0.25) is 0 Å². The van der Waals surface area contributed by atoms with Crippen molar-refractivity contribution in [3.05, 3.63) is 79.2 Å². The Bertz CT molecular complexity index is 1250. The summed E-state index contributed by atoms with van der Waals surface area (Å²) in [6.07, 6.45) is 5.37. The third-order valence-electron chi connectivity index (χ3n) is 8.87. The molecule has 0 saturated heterocycles. The van der Waals surface area contributed by atoms with Gasteiger partial charge in [-0.1, -0.05) is 0 Å². The Kier molecular flexibility index (Phi) is 8.85. The maximum atomic E-state index is 2.85. The summed E-state index contributed by atoms with van der Waals surface area (Å²) >= 11 is -3.70. The number of hydrogen-bond acceptors (Lipinski definition) is 0. The fraction of sp³-hybridized carbons (Fsp3) is 0.467. The average Bonchev–Trinajstić information content (AvgIpc) is 3.29. The molecule has 0 aliphatic heterocycles. The molecule has 0 N–H and O–H groups in total. The molecule has 2 atom stereocenters. The maximum absolute atomic E-state index is 3.70. The van der Waals surface area contributed by atoms with E-state index < -0.39 is 33.3 Å². The van der Waals surface area contributed by atoms with Gasteiger partial charge in [0.15, 0.2) is 0 Å². The quantitative estimate of drug-likeness (QED) is 0.274. The summed E-state index contributed by atoms with van der Waals surface area (Å²) in [7, 11) is -3.02. The van der Waals surface area contributed by atoms with E-state index in [9.17, 15) is 0 Å². The van der Waals surface area contributed by atoms with E-state index >= 15 is 0 Å². The van der Waals surface area contributed by atoms with Crippen molar-refractivity contribution in [1.82, 2.24) is 0 Å². The van der Waals surface area contributed by atoms with Crippen LogP contribution in [0.4, 0.5) is 0 Å². The second kappa shape index (κ2) is 9.89. The first kappa shape index (κ1) is 32.2. The minimum absolute atomic E-state index is 0. The zero-order valence-electron chi connectivity index (χ0n) is 24.6. The van der Waals surface area contributed by atoms with Crippen LogP contribution in [0.3, 0.4) is 0 Å². The minimum Gasteiger partial charge on any atom is -0.147 e. The van der Waals surface area contributed by atoms with Crippen LogP contribution in [-0.2, 0) is 17.1 Å². The summed E-state index contributed by atoms with van der Waals surface area (Å²) in [5.74, 6) is 0. The van der Waals surface area contributed by atoms with E-state index in [2.05, 4.69) is 120 Å². The van der Waals surface area contributed by atoms with Crippen molar-refractivity contribution in [2.45, 2.75) is 83.7 Å². The Hall–Kier alpha value is 0.0208. The molecule has 2 aliphatic rings. The van der Waals surface area contributed by atoms with Gasteiger partial charge in [-0.2, -0.15) is 0 Å². The predicted molar refractivity (Wildman–Crippen MR) is 175 cm³/mol. The molecule has 0 fully saturated rings. The molecule has 0 aromatic heterocycles. The maximum Gasteiger partial charge on any atom is -0.147 e. The van der Waals surface area contributed by atoms with Crippen molar-refractivity contribution in [1.29, 1.82) is 0 Å². The predicted octanol–water partition coefficient (Wildman–Crippen LogP) is 9.43. The first-order valence-corrected chi connectivity index (χ1v) is 39.7. The molecule has 2 aliphatic carbocycles. The Morgan fingerprint density at radius 3 is 1.14 bits per heavy atom. The molecule has 0 saturated carbocycles. The number of halogens is 2. The van der Waals surface area contributed by atoms with Crippen LogP contribution in [-0.4, -0.2) is 23.1 Å². The molecule has 4 rings (SSSR count). The second-order valence-electron chi connectivity index (χ2n) is 14.6. The van der Waals surface area contributed by atoms with Crippen LogP contribution in [0, 0.1) is 27.7 Å². The van der Waals surface area contributed by atoms with E-state index in [4.69, 9.17) is 0 Å². The van der Waals surface area contributed by atoms with Crippen LogP contribution in [0.15, 0.2) is 34.7 Å². The molecule has 0 heterocycles. The molecule has 198 valence electrons. The summed E-state index contributed by atoms with van der Waals surface area (Å²) in [6, 6.07) is 9.53. The van der Waals surface area contributed by atoms with Crippen molar-refractivity contribution < 1.29 is 17.1 Å². The van der Waals surface area contributed by atoms with Crippen molar-refractivity contribution in [3.8, 4) is 0 Å². The summed E-state index contributed by atoms with van der Waals surface area (Å²) in [5.41, 5.74) is 12.5. The van der Waals surface area contributed by atoms with E-state index in [-0.39, 0.29) is 24.8 Å². The van der Waals surface area contributed by atoms with Gasteiger partial charge >= 0.3 is 215 Å². The summed E-state index contributed by atoms with van der Waals surface area (Å²) in [6.45, 7) is 27.5. The Morgan fingerprint density at radius 2 is 0.861 bits per heavy atom. The Morgan fingerprint density at radius 1 is 0.583 bits per heavy atom. The summed E-state index contributed by atoms with van der Waals surface area (Å²) in [4.78, 5) is 0. The molecule has 0 bridgehead atoms. The van der Waals surface area contributed by atoms with Gasteiger partial charge in [-0.25, -0.2) is 0 Å². The summed E-state index contributed by atoms with van der Waals surface area (Å²) in [5, 5.41) is 3.67. The van der Waals surface area contributed by atoms with Gasteiger partial charge in [0.25, 0.3) is 0 Å². The van der Waals surface area contributed by atoms with Gasteiger partial charge in [0, 0.05) is 0 Å². The Labute approximate surface area is 238 Å². The van der Waals surface area contributed by atoms with Crippen LogP contribution in [0.25, 0.3) is 12.2 Å². The molecule has 2 unspecified atom stereocenters. The molecule has 36 heavy (non-hydrogen) atoms. The number of aryl methyl sites for hydroxylation is 4. The topological polar surface area (TPSA) is 0 Å². The molecule has 6 heteroatoms. The van der Waals surface area contributed by atoms with Gasteiger partial charge in [-0.05, 0) is 0 Å². The van der Waals surface area contributed by atoms with E-state index in [0.717, 1.165) is 0 Å². The number of fused-ring (bicyclic) bond motifs is 2. The first-order chi connectivity index (χ1) is 15.3. The molecule has 2 aromatic rings. The third-order valence-corrected chi connectivity index (χ3v) is 39.9. The average molecular weight is 742 g/mol. The van der Waals surface area contributed by atoms with Crippen LogP contribution >= 0.6 is 24.8 Å².